The first-order valence-electron chi connectivity index (χ1n) is 12.2. The molecule has 2 aromatic heterocycles. The van der Waals surface area contributed by atoms with Crippen LogP contribution in [0, 0.1) is 32.6 Å². The number of aryl methyl sites for hydroxylation is 2. The fourth-order valence-corrected chi connectivity index (χ4v) is 6.14. The van der Waals surface area contributed by atoms with Crippen molar-refractivity contribution in [1.82, 2.24) is 14.5 Å². The van der Waals surface area contributed by atoms with Crippen LogP contribution < -0.4 is 5.32 Å². The van der Waals surface area contributed by atoms with Crippen molar-refractivity contribution in [2.24, 2.45) is 11.8 Å². The first kappa shape index (κ1) is 23.5. The number of hydrogen-bond acceptors (Lipinski definition) is 5. The van der Waals surface area contributed by atoms with E-state index in [9.17, 15) is 14.4 Å². The predicted molar refractivity (Wildman–Crippen MR) is 137 cm³/mol. The molecular weight excluding hydrogens is 460 g/mol. The van der Waals surface area contributed by atoms with Gasteiger partial charge in [-0.15, -0.1) is 11.3 Å². The zero-order valence-electron chi connectivity index (χ0n) is 20.3. The van der Waals surface area contributed by atoms with E-state index in [0.29, 0.717) is 5.13 Å². The fourth-order valence-electron chi connectivity index (χ4n) is 5.41. The number of nitrogens with zero attached hydrogens (tertiary/aromatic N) is 3. The second-order valence-electron chi connectivity index (χ2n) is 9.62. The highest BCUT2D eigenvalue weighted by Crippen LogP contribution is 2.38. The van der Waals surface area contributed by atoms with E-state index in [1.807, 2.05) is 5.38 Å². The summed E-state index contributed by atoms with van der Waals surface area (Å²) < 4.78 is 2.20. The number of fused-ring (bicyclic) bond motifs is 1. The highest BCUT2D eigenvalue weighted by atomic mass is 32.1. The lowest BCUT2D eigenvalue weighted by Crippen LogP contribution is -2.34. The Kier molecular flexibility index (Phi) is 6.32. The Balaban J connectivity index is 1.24. The zero-order valence-corrected chi connectivity index (χ0v) is 21.2. The molecule has 1 aliphatic heterocycles. The molecule has 0 spiro atoms. The van der Waals surface area contributed by atoms with Gasteiger partial charge in [-0.05, 0) is 51.8 Å². The van der Waals surface area contributed by atoms with Gasteiger partial charge in [-0.1, -0.05) is 30.5 Å². The second kappa shape index (κ2) is 9.41. The van der Waals surface area contributed by atoms with Crippen LogP contribution in [0.2, 0.25) is 0 Å². The van der Waals surface area contributed by atoms with E-state index in [1.165, 1.54) is 21.8 Å². The Hall–Kier alpha value is -3.26. The van der Waals surface area contributed by atoms with Crippen molar-refractivity contribution in [3.05, 3.63) is 52.7 Å². The Morgan fingerprint density at radius 1 is 1.06 bits per heavy atom. The molecule has 182 valence electrons. The van der Waals surface area contributed by atoms with Gasteiger partial charge in [0.2, 0.25) is 17.7 Å². The average Bonchev–Trinajstić information content (AvgIpc) is 3.49. The van der Waals surface area contributed by atoms with E-state index in [0.717, 1.165) is 54.0 Å². The minimum absolute atomic E-state index is 0.0772. The van der Waals surface area contributed by atoms with Gasteiger partial charge >= 0.3 is 0 Å². The second-order valence-corrected chi connectivity index (χ2v) is 10.5. The molecule has 35 heavy (non-hydrogen) atoms. The molecule has 7 nitrogen and oxygen atoms in total. The van der Waals surface area contributed by atoms with Crippen molar-refractivity contribution in [2.75, 3.05) is 11.9 Å². The van der Waals surface area contributed by atoms with Crippen LogP contribution in [0.3, 0.4) is 0 Å². The Morgan fingerprint density at radius 2 is 1.71 bits per heavy atom. The zero-order chi connectivity index (χ0) is 24.7. The molecule has 0 radical (unpaired) electrons. The van der Waals surface area contributed by atoms with Crippen LogP contribution in [-0.4, -0.2) is 38.7 Å². The van der Waals surface area contributed by atoms with E-state index in [1.54, 1.807) is 0 Å². The highest BCUT2D eigenvalue weighted by molar-refractivity contribution is 7.14. The van der Waals surface area contributed by atoms with Crippen LogP contribution >= 0.6 is 11.3 Å². The van der Waals surface area contributed by atoms with Gasteiger partial charge in [-0.2, -0.15) is 0 Å². The quantitative estimate of drug-likeness (QED) is 0.491. The summed E-state index contributed by atoms with van der Waals surface area (Å²) in [5, 5.41) is 5.29. The molecule has 2 aliphatic rings. The first-order valence-corrected chi connectivity index (χ1v) is 13.1. The van der Waals surface area contributed by atoms with Gasteiger partial charge in [0.05, 0.1) is 17.5 Å². The van der Waals surface area contributed by atoms with E-state index in [2.05, 4.69) is 66.0 Å². The molecule has 5 rings (SSSR count). The number of aromatic nitrogens is 2. The molecule has 2 fully saturated rings. The van der Waals surface area contributed by atoms with Gasteiger partial charge < -0.3 is 9.88 Å². The number of hydrogen-bond donors (Lipinski definition) is 1. The topological polar surface area (TPSA) is 84.3 Å². The normalized spacial score (nSPS) is 19.8. The predicted octanol–water partition coefficient (Wildman–Crippen LogP) is 5.03. The largest absolute Gasteiger partial charge is 0.318 e. The van der Waals surface area contributed by atoms with Crippen LogP contribution in [0.4, 0.5) is 5.13 Å². The molecule has 3 aromatic rings. The van der Waals surface area contributed by atoms with Gasteiger partial charge in [-0.25, -0.2) is 4.98 Å². The highest BCUT2D eigenvalue weighted by Gasteiger charge is 2.47. The minimum Gasteiger partial charge on any atom is -0.318 e. The third kappa shape index (κ3) is 4.43. The number of carbonyl (C=O) groups is 3. The maximum Gasteiger partial charge on any atom is 0.233 e. The standard InChI is InChI=1S/C27H30N4O3S/c1-16-8-10-19(11-9-16)31-17(2)14-22(18(31)3)23-15-35-27(28-23)29-24(32)12-13-30-25(33)20-6-4-5-7-21(20)26(30)34/h8-11,14-15,20-21H,4-7,12-13H2,1-3H3,(H,28,29,32)/t20-,21+. The smallest absolute Gasteiger partial charge is 0.233 e. The number of imide groups is 1. The van der Waals surface area contributed by atoms with Crippen LogP contribution in [0.5, 0.6) is 0 Å². The minimum atomic E-state index is -0.244. The number of benzene rings is 1. The van der Waals surface area contributed by atoms with Crippen molar-refractivity contribution in [3.8, 4) is 16.9 Å². The number of amides is 3. The number of carbonyl (C=O) groups excluding carboxylic acids is 3. The van der Waals surface area contributed by atoms with Gasteiger partial charge in [0.1, 0.15) is 0 Å². The summed E-state index contributed by atoms with van der Waals surface area (Å²) in [5.74, 6) is -0.813. The summed E-state index contributed by atoms with van der Waals surface area (Å²) in [7, 11) is 0. The van der Waals surface area contributed by atoms with Crippen molar-refractivity contribution in [1.29, 1.82) is 0 Å². The summed E-state index contributed by atoms with van der Waals surface area (Å²) >= 11 is 1.37. The molecule has 1 N–H and O–H groups in total. The Labute approximate surface area is 209 Å². The van der Waals surface area contributed by atoms with E-state index in [4.69, 9.17) is 0 Å². The first-order chi connectivity index (χ1) is 16.8. The molecule has 1 saturated carbocycles. The van der Waals surface area contributed by atoms with Gasteiger partial charge in [0, 0.05) is 41.0 Å². The monoisotopic (exact) mass is 490 g/mol. The maximum absolute atomic E-state index is 12.6. The molecule has 3 heterocycles. The summed E-state index contributed by atoms with van der Waals surface area (Å²) in [6.07, 6.45) is 3.63. The number of anilines is 1. The average molecular weight is 491 g/mol. The molecule has 0 bridgehead atoms. The van der Waals surface area contributed by atoms with E-state index >= 15 is 0 Å². The third-order valence-corrected chi connectivity index (χ3v) is 8.00. The lowest BCUT2D eigenvalue weighted by molar-refractivity contribution is -0.140. The lowest BCUT2D eigenvalue weighted by Gasteiger charge is -2.19. The Morgan fingerprint density at radius 3 is 2.37 bits per heavy atom. The van der Waals surface area contributed by atoms with E-state index < -0.39 is 0 Å². The summed E-state index contributed by atoms with van der Waals surface area (Å²) in [4.78, 5) is 43.8. The summed E-state index contributed by atoms with van der Waals surface area (Å²) in [6, 6.07) is 10.5. The SMILES string of the molecule is Cc1ccc(-n2c(C)cc(-c3csc(NC(=O)CCN4C(=O)[C@H]5CCCC[C@H]5C4=O)n3)c2C)cc1. The summed E-state index contributed by atoms with van der Waals surface area (Å²) in [6.45, 7) is 6.35. The van der Waals surface area contributed by atoms with Crippen molar-refractivity contribution >= 4 is 34.2 Å². The molecule has 3 amide bonds. The van der Waals surface area contributed by atoms with Crippen LogP contribution in [0.15, 0.2) is 35.7 Å². The van der Waals surface area contributed by atoms with Crippen molar-refractivity contribution in [2.45, 2.75) is 52.9 Å². The fraction of sp³-hybridized carbons (Fsp3) is 0.407. The molecular formula is C27H30N4O3S. The molecule has 1 saturated heterocycles. The number of likely N-dealkylation sites (tertiary alicyclic amines) is 1. The van der Waals surface area contributed by atoms with Crippen LogP contribution in [-0.2, 0) is 14.4 Å². The molecule has 2 atom stereocenters. The van der Waals surface area contributed by atoms with Gasteiger partial charge in [0.25, 0.3) is 0 Å². The van der Waals surface area contributed by atoms with Gasteiger partial charge in [0.15, 0.2) is 5.13 Å². The molecule has 1 aliphatic carbocycles. The maximum atomic E-state index is 12.6. The Bertz CT molecular complexity index is 1270. The van der Waals surface area contributed by atoms with Crippen LogP contribution in [0.25, 0.3) is 16.9 Å². The van der Waals surface area contributed by atoms with Crippen LogP contribution in [0.1, 0.15) is 49.1 Å². The number of nitrogens with one attached hydrogen (secondary N) is 1. The van der Waals surface area contributed by atoms with Crippen molar-refractivity contribution < 1.29 is 14.4 Å². The third-order valence-electron chi connectivity index (χ3n) is 7.24. The number of rotatable bonds is 6. The van der Waals surface area contributed by atoms with Crippen molar-refractivity contribution in [3.63, 3.8) is 0 Å². The molecule has 8 heteroatoms. The number of thiazole rings is 1. The van der Waals surface area contributed by atoms with Gasteiger partial charge in [-0.3, -0.25) is 19.3 Å². The molecule has 0 unspecified atom stereocenters. The molecule has 1 aromatic carbocycles. The lowest BCUT2D eigenvalue weighted by atomic mass is 9.81. The van der Waals surface area contributed by atoms with E-state index in [-0.39, 0.29) is 42.5 Å². The summed E-state index contributed by atoms with van der Waals surface area (Å²) in [5.41, 5.74) is 6.35.